The summed E-state index contributed by atoms with van der Waals surface area (Å²) < 4.78 is 0. The summed E-state index contributed by atoms with van der Waals surface area (Å²) >= 11 is 2.00. The Morgan fingerprint density at radius 1 is 1.39 bits per heavy atom. The lowest BCUT2D eigenvalue weighted by Crippen LogP contribution is -2.15. The standard InChI is InChI=1S/C14H20N2OS/c1-16(2)14-4-3-12(10-15-14)13(17)9-11-5-7-18-8-6-11/h3-4,10-11H,5-9H2,1-2H3. The first-order valence-electron chi connectivity index (χ1n) is 6.41. The number of ketones is 1. The minimum absolute atomic E-state index is 0.240. The fraction of sp³-hybridized carbons (Fsp3) is 0.571. The van der Waals surface area contributed by atoms with Crippen molar-refractivity contribution in [2.24, 2.45) is 5.92 Å². The molecule has 3 nitrogen and oxygen atoms in total. The highest BCUT2D eigenvalue weighted by atomic mass is 32.2. The van der Waals surface area contributed by atoms with Gasteiger partial charge >= 0.3 is 0 Å². The van der Waals surface area contributed by atoms with Crippen molar-refractivity contribution in [2.75, 3.05) is 30.5 Å². The maximum atomic E-state index is 12.1. The third kappa shape index (κ3) is 3.48. The molecular formula is C14H20N2OS. The second-order valence-corrected chi connectivity index (χ2v) is 6.21. The highest BCUT2D eigenvalue weighted by Gasteiger charge is 2.18. The summed E-state index contributed by atoms with van der Waals surface area (Å²) in [5.41, 5.74) is 0.749. The third-order valence-corrected chi connectivity index (χ3v) is 4.39. The van der Waals surface area contributed by atoms with E-state index in [4.69, 9.17) is 0 Å². The highest BCUT2D eigenvalue weighted by Crippen LogP contribution is 2.26. The van der Waals surface area contributed by atoms with Crippen LogP contribution in [0.1, 0.15) is 29.6 Å². The molecule has 2 heterocycles. The number of Topliss-reactive ketones (excluding diaryl/α,β-unsaturated/α-hetero) is 1. The van der Waals surface area contributed by atoms with Gasteiger partial charge in [-0.2, -0.15) is 11.8 Å². The fourth-order valence-corrected chi connectivity index (χ4v) is 3.35. The second kappa shape index (κ2) is 6.23. The van der Waals surface area contributed by atoms with E-state index in [2.05, 4.69) is 4.98 Å². The van der Waals surface area contributed by atoms with Gasteiger partial charge in [0.15, 0.2) is 5.78 Å². The Morgan fingerprint density at radius 3 is 2.67 bits per heavy atom. The zero-order chi connectivity index (χ0) is 13.0. The molecule has 1 aromatic rings. The molecule has 18 heavy (non-hydrogen) atoms. The summed E-state index contributed by atoms with van der Waals surface area (Å²) in [6.45, 7) is 0. The van der Waals surface area contributed by atoms with Gasteiger partial charge in [-0.05, 0) is 42.4 Å². The summed E-state index contributed by atoms with van der Waals surface area (Å²) in [4.78, 5) is 18.4. The third-order valence-electron chi connectivity index (χ3n) is 3.34. The molecule has 0 aliphatic carbocycles. The van der Waals surface area contributed by atoms with E-state index in [-0.39, 0.29) is 5.78 Å². The second-order valence-electron chi connectivity index (χ2n) is 4.98. The molecule has 4 heteroatoms. The summed E-state index contributed by atoms with van der Waals surface area (Å²) in [7, 11) is 3.90. The lowest BCUT2D eigenvalue weighted by molar-refractivity contribution is 0.0958. The molecule has 0 radical (unpaired) electrons. The smallest absolute Gasteiger partial charge is 0.164 e. The molecule has 1 aromatic heterocycles. The lowest BCUT2D eigenvalue weighted by atomic mass is 9.94. The van der Waals surface area contributed by atoms with Gasteiger partial charge < -0.3 is 4.90 Å². The number of rotatable bonds is 4. The Bertz CT molecular complexity index is 397. The van der Waals surface area contributed by atoms with Crippen molar-refractivity contribution in [1.29, 1.82) is 0 Å². The van der Waals surface area contributed by atoms with E-state index < -0.39 is 0 Å². The Morgan fingerprint density at radius 2 is 2.11 bits per heavy atom. The van der Waals surface area contributed by atoms with E-state index in [1.807, 2.05) is 42.9 Å². The van der Waals surface area contributed by atoms with Crippen molar-refractivity contribution in [1.82, 2.24) is 4.98 Å². The molecule has 1 saturated heterocycles. The first-order valence-corrected chi connectivity index (χ1v) is 7.56. The Labute approximate surface area is 113 Å². The van der Waals surface area contributed by atoms with Crippen LogP contribution in [0.15, 0.2) is 18.3 Å². The van der Waals surface area contributed by atoms with Gasteiger partial charge in [0.05, 0.1) is 0 Å². The van der Waals surface area contributed by atoms with Crippen LogP contribution >= 0.6 is 11.8 Å². The normalized spacial score (nSPS) is 16.6. The summed E-state index contributed by atoms with van der Waals surface area (Å²) in [6, 6.07) is 3.80. The van der Waals surface area contributed by atoms with Crippen LogP contribution in [-0.2, 0) is 0 Å². The number of aromatic nitrogens is 1. The van der Waals surface area contributed by atoms with Crippen LogP contribution in [0, 0.1) is 5.92 Å². The average molecular weight is 264 g/mol. The van der Waals surface area contributed by atoms with Crippen LogP contribution in [0.5, 0.6) is 0 Å². The van der Waals surface area contributed by atoms with E-state index in [1.54, 1.807) is 6.20 Å². The molecule has 1 aliphatic rings. The van der Waals surface area contributed by atoms with Gasteiger partial charge in [0, 0.05) is 32.3 Å². The van der Waals surface area contributed by atoms with Gasteiger partial charge in [-0.3, -0.25) is 4.79 Å². The Hall–Kier alpha value is -1.03. The summed E-state index contributed by atoms with van der Waals surface area (Å²) in [6.07, 6.45) is 4.75. The summed E-state index contributed by atoms with van der Waals surface area (Å²) in [5.74, 6) is 4.11. The van der Waals surface area contributed by atoms with E-state index in [0.717, 1.165) is 11.4 Å². The van der Waals surface area contributed by atoms with Crippen molar-refractivity contribution in [2.45, 2.75) is 19.3 Å². The number of anilines is 1. The van der Waals surface area contributed by atoms with Gasteiger partial charge in [0.1, 0.15) is 5.82 Å². The first-order chi connectivity index (χ1) is 8.66. The SMILES string of the molecule is CN(C)c1ccc(C(=O)CC2CCSCC2)cn1. The van der Waals surface area contributed by atoms with Gasteiger partial charge in [-0.25, -0.2) is 4.98 Å². The number of hydrogen-bond donors (Lipinski definition) is 0. The molecular weight excluding hydrogens is 244 g/mol. The van der Waals surface area contributed by atoms with E-state index in [0.29, 0.717) is 12.3 Å². The average Bonchev–Trinajstić information content (AvgIpc) is 2.40. The van der Waals surface area contributed by atoms with Crippen LogP contribution < -0.4 is 4.90 Å². The molecule has 0 N–H and O–H groups in total. The maximum Gasteiger partial charge on any atom is 0.164 e. The topological polar surface area (TPSA) is 33.2 Å². The number of carbonyl (C=O) groups excluding carboxylic acids is 1. The molecule has 98 valence electrons. The largest absolute Gasteiger partial charge is 0.363 e. The molecule has 1 aliphatic heterocycles. The molecule has 1 fully saturated rings. The van der Waals surface area contributed by atoms with Crippen molar-refractivity contribution < 1.29 is 4.79 Å². The van der Waals surface area contributed by atoms with Crippen molar-refractivity contribution in [3.8, 4) is 0 Å². The van der Waals surface area contributed by atoms with E-state index in [1.165, 1.54) is 24.3 Å². The zero-order valence-corrected chi connectivity index (χ0v) is 11.9. The number of hydrogen-bond acceptors (Lipinski definition) is 4. The zero-order valence-electron chi connectivity index (χ0n) is 11.1. The quantitative estimate of drug-likeness (QED) is 0.783. The highest BCUT2D eigenvalue weighted by molar-refractivity contribution is 7.99. The van der Waals surface area contributed by atoms with E-state index in [9.17, 15) is 4.79 Å². The fourth-order valence-electron chi connectivity index (χ4n) is 2.15. The Balaban J connectivity index is 1.95. The van der Waals surface area contributed by atoms with E-state index >= 15 is 0 Å². The molecule has 0 spiro atoms. The molecule has 0 saturated carbocycles. The number of nitrogens with zero attached hydrogens (tertiary/aromatic N) is 2. The van der Waals surface area contributed by atoms with Gasteiger partial charge in [-0.15, -0.1) is 0 Å². The molecule has 2 rings (SSSR count). The van der Waals surface area contributed by atoms with Crippen molar-refractivity contribution >= 4 is 23.4 Å². The van der Waals surface area contributed by atoms with Gasteiger partial charge in [0.2, 0.25) is 0 Å². The predicted octanol–water partition coefficient (Wildman–Crippen LogP) is 2.86. The van der Waals surface area contributed by atoms with Crippen LogP contribution in [0.3, 0.4) is 0 Å². The molecule has 0 atom stereocenters. The monoisotopic (exact) mass is 264 g/mol. The maximum absolute atomic E-state index is 12.1. The number of thioether (sulfide) groups is 1. The number of pyridine rings is 1. The van der Waals surface area contributed by atoms with Gasteiger partial charge in [-0.1, -0.05) is 0 Å². The predicted molar refractivity (Wildman–Crippen MR) is 77.6 cm³/mol. The van der Waals surface area contributed by atoms with Crippen LogP contribution in [0.2, 0.25) is 0 Å². The first kappa shape index (κ1) is 13.4. The van der Waals surface area contributed by atoms with Crippen molar-refractivity contribution in [3.05, 3.63) is 23.9 Å². The minimum atomic E-state index is 0.240. The molecule has 0 amide bonds. The van der Waals surface area contributed by atoms with Crippen LogP contribution in [0.25, 0.3) is 0 Å². The number of carbonyl (C=O) groups is 1. The summed E-state index contributed by atoms with van der Waals surface area (Å²) in [5, 5.41) is 0. The Kier molecular flexibility index (Phi) is 4.64. The van der Waals surface area contributed by atoms with Crippen LogP contribution in [0.4, 0.5) is 5.82 Å². The molecule has 0 unspecified atom stereocenters. The van der Waals surface area contributed by atoms with Crippen LogP contribution in [-0.4, -0.2) is 36.4 Å². The minimum Gasteiger partial charge on any atom is -0.363 e. The van der Waals surface area contributed by atoms with Crippen molar-refractivity contribution in [3.63, 3.8) is 0 Å². The van der Waals surface area contributed by atoms with Gasteiger partial charge in [0.25, 0.3) is 0 Å². The molecule has 0 bridgehead atoms. The molecule has 0 aromatic carbocycles. The lowest BCUT2D eigenvalue weighted by Gasteiger charge is -2.20.